The zero-order valence-electron chi connectivity index (χ0n) is 17.0. The van der Waals surface area contributed by atoms with Crippen molar-refractivity contribution in [2.75, 3.05) is 19.0 Å². The lowest BCUT2D eigenvalue weighted by Crippen LogP contribution is -2.28. The lowest BCUT2D eigenvalue weighted by Gasteiger charge is -2.08. The number of carbonyl (C=O) groups excluding carboxylic acids is 2. The largest absolute Gasteiger partial charge is 0.465 e. The summed E-state index contributed by atoms with van der Waals surface area (Å²) in [4.78, 5) is 40.2. The van der Waals surface area contributed by atoms with E-state index in [1.165, 1.54) is 7.11 Å². The average Bonchev–Trinajstić information content (AvgIpc) is 3.20. The van der Waals surface area contributed by atoms with E-state index in [0.29, 0.717) is 34.8 Å². The van der Waals surface area contributed by atoms with Gasteiger partial charge in [0.15, 0.2) is 0 Å². The van der Waals surface area contributed by atoms with Crippen molar-refractivity contribution in [1.82, 2.24) is 25.3 Å². The molecule has 0 aliphatic carbocycles. The molecule has 1 aromatic carbocycles. The second-order valence-corrected chi connectivity index (χ2v) is 6.65. The summed E-state index contributed by atoms with van der Waals surface area (Å²) in [6.07, 6.45) is 5.01. The zero-order chi connectivity index (χ0) is 21.8. The van der Waals surface area contributed by atoms with E-state index >= 15 is 0 Å². The van der Waals surface area contributed by atoms with Crippen molar-refractivity contribution in [3.05, 3.63) is 60.6 Å². The van der Waals surface area contributed by atoms with Gasteiger partial charge in [0.1, 0.15) is 0 Å². The smallest absolute Gasteiger partial charge is 0.337 e. The van der Waals surface area contributed by atoms with Crippen LogP contribution in [-0.2, 0) is 4.74 Å². The number of ether oxygens (including phenoxy) is 1. The zero-order valence-corrected chi connectivity index (χ0v) is 17.0. The van der Waals surface area contributed by atoms with Gasteiger partial charge in [-0.2, -0.15) is 0 Å². The first-order valence-electron chi connectivity index (χ1n) is 9.62. The van der Waals surface area contributed by atoms with Crippen molar-refractivity contribution < 1.29 is 14.3 Å². The lowest BCUT2D eigenvalue weighted by atomic mass is 10.0. The van der Waals surface area contributed by atoms with Crippen molar-refractivity contribution in [1.29, 1.82) is 0 Å². The molecular weight excluding hydrogens is 396 g/mol. The Morgan fingerprint density at radius 3 is 2.74 bits per heavy atom. The molecule has 0 saturated heterocycles. The summed E-state index contributed by atoms with van der Waals surface area (Å²) in [5.41, 5.74) is 4.74. The summed E-state index contributed by atoms with van der Waals surface area (Å²) >= 11 is 0. The molecule has 156 valence electrons. The molecule has 31 heavy (non-hydrogen) atoms. The number of esters is 1. The topological polar surface area (TPSA) is 122 Å². The van der Waals surface area contributed by atoms with Gasteiger partial charge in [-0.3, -0.25) is 15.3 Å². The van der Waals surface area contributed by atoms with E-state index in [1.54, 1.807) is 30.7 Å². The van der Waals surface area contributed by atoms with Gasteiger partial charge in [0.2, 0.25) is 5.95 Å². The van der Waals surface area contributed by atoms with E-state index in [0.717, 1.165) is 16.7 Å². The SMILES string of the molecule is CCNC(=O)Nc1nc2cc(-c3cccnc3)cc(-c3cc(C(=O)OC)ccn3)c2[nH]1. The average molecular weight is 416 g/mol. The summed E-state index contributed by atoms with van der Waals surface area (Å²) in [6.45, 7) is 2.32. The second-order valence-electron chi connectivity index (χ2n) is 6.65. The molecule has 0 unspecified atom stereocenters. The predicted octanol–water partition coefficient (Wildman–Crippen LogP) is 3.61. The maximum atomic E-state index is 12.0. The number of aromatic nitrogens is 4. The van der Waals surface area contributed by atoms with Crippen molar-refractivity contribution in [3.63, 3.8) is 0 Å². The first kappa shape index (κ1) is 20.0. The first-order valence-corrected chi connectivity index (χ1v) is 9.62. The molecule has 0 bridgehead atoms. The summed E-state index contributed by atoms with van der Waals surface area (Å²) in [5, 5.41) is 5.35. The quantitative estimate of drug-likeness (QED) is 0.427. The first-order chi connectivity index (χ1) is 15.1. The number of pyridine rings is 2. The maximum absolute atomic E-state index is 12.0. The highest BCUT2D eigenvalue weighted by atomic mass is 16.5. The number of amides is 2. The van der Waals surface area contributed by atoms with Gasteiger partial charge in [-0.1, -0.05) is 6.07 Å². The normalized spacial score (nSPS) is 10.6. The number of rotatable bonds is 5. The molecule has 0 atom stereocenters. The number of anilines is 1. The number of hydrogen-bond acceptors (Lipinski definition) is 6. The number of methoxy groups -OCH3 is 1. The highest BCUT2D eigenvalue weighted by Gasteiger charge is 2.16. The molecule has 0 aliphatic heterocycles. The minimum absolute atomic E-state index is 0.301. The Morgan fingerprint density at radius 1 is 1.13 bits per heavy atom. The van der Waals surface area contributed by atoms with Gasteiger partial charge >= 0.3 is 12.0 Å². The van der Waals surface area contributed by atoms with Gasteiger partial charge in [0.25, 0.3) is 0 Å². The van der Waals surface area contributed by atoms with Crippen molar-refractivity contribution in [2.45, 2.75) is 6.92 Å². The fourth-order valence-electron chi connectivity index (χ4n) is 3.21. The molecule has 0 spiro atoms. The number of imidazole rings is 1. The van der Waals surface area contributed by atoms with Gasteiger partial charge < -0.3 is 15.0 Å². The van der Waals surface area contributed by atoms with Crippen LogP contribution in [0.2, 0.25) is 0 Å². The number of H-pyrrole nitrogens is 1. The highest BCUT2D eigenvalue weighted by molar-refractivity contribution is 5.99. The molecule has 3 heterocycles. The van der Waals surface area contributed by atoms with Gasteiger partial charge in [-0.25, -0.2) is 14.6 Å². The van der Waals surface area contributed by atoms with Crippen LogP contribution in [-0.4, -0.2) is 45.6 Å². The van der Waals surface area contributed by atoms with Crippen LogP contribution < -0.4 is 10.6 Å². The number of nitrogens with zero attached hydrogens (tertiary/aromatic N) is 3. The highest BCUT2D eigenvalue weighted by Crippen LogP contribution is 2.33. The second kappa shape index (κ2) is 8.62. The Labute approximate surface area is 177 Å². The molecule has 4 aromatic rings. The summed E-state index contributed by atoms with van der Waals surface area (Å²) in [5.74, 6) is -0.152. The summed E-state index contributed by atoms with van der Waals surface area (Å²) in [6, 6.07) is 10.5. The molecule has 0 fully saturated rings. The van der Waals surface area contributed by atoms with E-state index in [2.05, 4.69) is 30.6 Å². The number of hydrogen-bond donors (Lipinski definition) is 3. The molecule has 9 nitrogen and oxygen atoms in total. The predicted molar refractivity (Wildman–Crippen MR) is 117 cm³/mol. The fraction of sp³-hybridized carbons (Fsp3) is 0.136. The molecule has 2 amide bonds. The number of fused-ring (bicyclic) bond motifs is 1. The number of nitrogens with one attached hydrogen (secondary N) is 3. The van der Waals surface area contributed by atoms with Gasteiger partial charge in [0, 0.05) is 36.3 Å². The van der Waals surface area contributed by atoms with Crippen molar-refractivity contribution >= 4 is 29.0 Å². The van der Waals surface area contributed by atoms with Crippen LogP contribution >= 0.6 is 0 Å². The van der Waals surface area contributed by atoms with Crippen LogP contribution in [0.3, 0.4) is 0 Å². The molecule has 3 aromatic heterocycles. The summed E-state index contributed by atoms with van der Waals surface area (Å²) in [7, 11) is 1.33. The van der Waals surface area contributed by atoms with E-state index in [-0.39, 0.29) is 6.03 Å². The summed E-state index contributed by atoms with van der Waals surface area (Å²) < 4.78 is 4.83. The van der Waals surface area contributed by atoms with E-state index in [9.17, 15) is 9.59 Å². The van der Waals surface area contributed by atoms with Crippen LogP contribution in [0.25, 0.3) is 33.4 Å². The number of urea groups is 1. The van der Waals surface area contributed by atoms with Crippen LogP contribution in [0.4, 0.5) is 10.7 Å². The molecule has 4 rings (SSSR count). The molecule has 3 N–H and O–H groups in total. The van der Waals surface area contributed by atoms with Crippen LogP contribution in [0.1, 0.15) is 17.3 Å². The fourth-order valence-corrected chi connectivity index (χ4v) is 3.21. The Kier molecular flexibility index (Phi) is 5.57. The van der Waals surface area contributed by atoms with Crippen molar-refractivity contribution in [2.24, 2.45) is 0 Å². The number of carbonyl (C=O) groups is 2. The number of aromatic amines is 1. The minimum atomic E-state index is -0.452. The lowest BCUT2D eigenvalue weighted by molar-refractivity contribution is 0.0600. The third kappa shape index (κ3) is 4.20. The van der Waals surface area contributed by atoms with E-state index in [4.69, 9.17) is 4.74 Å². The van der Waals surface area contributed by atoms with E-state index < -0.39 is 5.97 Å². The molecule has 9 heteroatoms. The Morgan fingerprint density at radius 2 is 2.00 bits per heavy atom. The maximum Gasteiger partial charge on any atom is 0.337 e. The van der Waals surface area contributed by atoms with Crippen molar-refractivity contribution in [3.8, 4) is 22.4 Å². The standard InChI is InChI=1S/C22H20N6O3/c1-3-24-22(30)28-21-26-18-11-15(14-5-4-7-23-12-14)9-16(19(18)27-21)17-10-13(6-8-25-17)20(29)31-2/h4-12H,3H2,1-2H3,(H3,24,26,27,28,30). The van der Waals surface area contributed by atoms with Gasteiger partial charge in [-0.15, -0.1) is 0 Å². The van der Waals surface area contributed by atoms with Crippen LogP contribution in [0.5, 0.6) is 0 Å². The van der Waals surface area contributed by atoms with Crippen LogP contribution in [0.15, 0.2) is 55.0 Å². The molecule has 0 saturated carbocycles. The van der Waals surface area contributed by atoms with E-state index in [1.807, 2.05) is 31.2 Å². The molecular formula is C22H20N6O3. The van der Waals surface area contributed by atoms with Crippen LogP contribution in [0, 0.1) is 0 Å². The Balaban J connectivity index is 1.88. The van der Waals surface area contributed by atoms with Gasteiger partial charge in [-0.05, 0) is 42.8 Å². The molecule has 0 radical (unpaired) electrons. The monoisotopic (exact) mass is 416 g/mol. The van der Waals surface area contributed by atoms with Gasteiger partial charge in [0.05, 0.1) is 29.4 Å². The Bertz CT molecular complexity index is 1250. The minimum Gasteiger partial charge on any atom is -0.465 e. The third-order valence-electron chi connectivity index (χ3n) is 4.61. The Hall–Kier alpha value is -4.27. The number of benzene rings is 1. The molecule has 0 aliphatic rings. The third-order valence-corrected chi connectivity index (χ3v) is 4.61.